The Morgan fingerprint density at radius 3 is 2.90 bits per heavy atom. The van der Waals surface area contributed by atoms with Crippen LogP contribution in [0.25, 0.3) is 0 Å². The van der Waals surface area contributed by atoms with Crippen molar-refractivity contribution in [2.24, 2.45) is 5.41 Å². The van der Waals surface area contributed by atoms with Crippen molar-refractivity contribution in [1.29, 1.82) is 0 Å². The Morgan fingerprint density at radius 2 is 2.30 bits per heavy atom. The molecular weight excluding hydrogens is 263 g/mol. The van der Waals surface area contributed by atoms with Crippen molar-refractivity contribution in [1.82, 2.24) is 9.88 Å². The first-order valence-electron chi connectivity index (χ1n) is 6.62. The highest BCUT2D eigenvalue weighted by Gasteiger charge is 2.42. The summed E-state index contributed by atoms with van der Waals surface area (Å²) in [6.45, 7) is 2.38. The number of carboxylic acids is 1. The smallest absolute Gasteiger partial charge is 0.311 e. The Bertz CT molecular complexity index is 535. The van der Waals surface area contributed by atoms with Gasteiger partial charge >= 0.3 is 5.97 Å². The molecule has 1 amide bonds. The van der Waals surface area contributed by atoms with Crippen molar-refractivity contribution in [2.45, 2.75) is 26.2 Å². The lowest BCUT2D eigenvalue weighted by molar-refractivity contribution is -0.152. The third kappa shape index (κ3) is 2.50. The maximum atomic E-state index is 13.6. The van der Waals surface area contributed by atoms with Gasteiger partial charge in [0.2, 0.25) is 0 Å². The highest BCUT2D eigenvalue weighted by Crippen LogP contribution is 2.34. The number of likely N-dealkylation sites (tertiary alicyclic amines) is 1. The normalized spacial score (nSPS) is 22.6. The third-order valence-electron chi connectivity index (χ3n) is 4.00. The van der Waals surface area contributed by atoms with Crippen molar-refractivity contribution in [3.05, 3.63) is 29.8 Å². The van der Waals surface area contributed by atoms with Crippen LogP contribution in [0.2, 0.25) is 0 Å². The minimum Gasteiger partial charge on any atom is -0.481 e. The molecule has 1 unspecified atom stereocenters. The predicted molar refractivity (Wildman–Crippen MR) is 69.7 cm³/mol. The first kappa shape index (κ1) is 14.4. The van der Waals surface area contributed by atoms with Crippen molar-refractivity contribution < 1.29 is 19.1 Å². The van der Waals surface area contributed by atoms with E-state index in [0.717, 1.165) is 6.20 Å². The minimum absolute atomic E-state index is 0.0581. The first-order valence-corrected chi connectivity index (χ1v) is 6.62. The molecule has 1 N–H and O–H groups in total. The highest BCUT2D eigenvalue weighted by molar-refractivity contribution is 5.94. The number of carboxylic acid groups (broad SMARTS) is 1. The van der Waals surface area contributed by atoms with Crippen molar-refractivity contribution in [3.63, 3.8) is 0 Å². The summed E-state index contributed by atoms with van der Waals surface area (Å²) in [5, 5.41) is 9.39. The lowest BCUT2D eigenvalue weighted by atomic mass is 9.77. The molecule has 0 spiro atoms. The molecule has 1 aromatic rings. The van der Waals surface area contributed by atoms with E-state index in [1.165, 1.54) is 17.2 Å². The fraction of sp³-hybridized carbons (Fsp3) is 0.500. The van der Waals surface area contributed by atoms with E-state index in [-0.39, 0.29) is 12.1 Å². The number of amides is 1. The van der Waals surface area contributed by atoms with E-state index in [1.54, 1.807) is 6.92 Å². The molecule has 1 saturated heterocycles. The highest BCUT2D eigenvalue weighted by atomic mass is 19.1. The Labute approximate surface area is 116 Å². The summed E-state index contributed by atoms with van der Waals surface area (Å²) in [5.74, 6) is -2.04. The van der Waals surface area contributed by atoms with Gasteiger partial charge in [-0.25, -0.2) is 4.39 Å². The van der Waals surface area contributed by atoms with Gasteiger partial charge in [-0.3, -0.25) is 14.6 Å². The molecule has 20 heavy (non-hydrogen) atoms. The second kappa shape index (κ2) is 5.56. The van der Waals surface area contributed by atoms with Crippen molar-refractivity contribution >= 4 is 11.9 Å². The maximum absolute atomic E-state index is 13.6. The topological polar surface area (TPSA) is 70.5 Å². The second-order valence-corrected chi connectivity index (χ2v) is 5.12. The van der Waals surface area contributed by atoms with Crippen LogP contribution in [0.5, 0.6) is 0 Å². The molecule has 0 radical (unpaired) electrons. The lowest BCUT2D eigenvalue weighted by Gasteiger charge is -2.39. The van der Waals surface area contributed by atoms with E-state index in [9.17, 15) is 19.1 Å². The molecule has 0 bridgehead atoms. The molecule has 108 valence electrons. The molecule has 5 nitrogen and oxygen atoms in total. The van der Waals surface area contributed by atoms with Crippen LogP contribution in [0.4, 0.5) is 4.39 Å². The maximum Gasteiger partial charge on any atom is 0.311 e. The lowest BCUT2D eigenvalue weighted by Crippen LogP contribution is -2.49. The number of piperidine rings is 1. The number of aliphatic carboxylic acids is 1. The number of aromatic nitrogens is 1. The van der Waals surface area contributed by atoms with Crippen LogP contribution in [0.1, 0.15) is 36.5 Å². The number of hydrogen-bond acceptors (Lipinski definition) is 3. The summed E-state index contributed by atoms with van der Waals surface area (Å²) in [4.78, 5) is 28.8. The molecule has 0 aliphatic carbocycles. The molecule has 0 saturated carbocycles. The van der Waals surface area contributed by atoms with Gasteiger partial charge in [0.25, 0.3) is 5.91 Å². The fourth-order valence-corrected chi connectivity index (χ4v) is 2.64. The van der Waals surface area contributed by atoms with Crippen LogP contribution in [-0.2, 0) is 4.79 Å². The van der Waals surface area contributed by atoms with Gasteiger partial charge in [-0.05, 0) is 25.3 Å². The predicted octanol–water partition coefficient (Wildman–Crippen LogP) is 1.94. The van der Waals surface area contributed by atoms with Gasteiger partial charge in [0.1, 0.15) is 0 Å². The van der Waals surface area contributed by atoms with Gasteiger partial charge in [-0.2, -0.15) is 0 Å². The Hall–Kier alpha value is -1.98. The van der Waals surface area contributed by atoms with E-state index in [0.29, 0.717) is 25.8 Å². The van der Waals surface area contributed by atoms with Gasteiger partial charge in [0, 0.05) is 19.3 Å². The van der Waals surface area contributed by atoms with Crippen LogP contribution in [0.3, 0.4) is 0 Å². The monoisotopic (exact) mass is 280 g/mol. The van der Waals surface area contributed by atoms with Gasteiger partial charge in [0.05, 0.1) is 17.2 Å². The zero-order chi connectivity index (χ0) is 14.8. The Balaban J connectivity index is 2.23. The van der Waals surface area contributed by atoms with Crippen LogP contribution < -0.4 is 0 Å². The standard InChI is InChI=1S/C14H17FN2O3/c1-2-14(13(19)20)5-3-7-17(9-14)12(18)10-4-6-16-8-11(10)15/h4,6,8H,2-3,5,7,9H2,1H3,(H,19,20). The number of carbonyl (C=O) groups is 2. The van der Waals surface area contributed by atoms with Gasteiger partial charge < -0.3 is 10.0 Å². The number of pyridine rings is 1. The fourth-order valence-electron chi connectivity index (χ4n) is 2.64. The molecular formula is C14H17FN2O3. The number of rotatable bonds is 3. The van der Waals surface area contributed by atoms with E-state index in [4.69, 9.17) is 0 Å². The van der Waals surface area contributed by atoms with Crippen LogP contribution >= 0.6 is 0 Å². The van der Waals surface area contributed by atoms with E-state index in [2.05, 4.69) is 4.98 Å². The number of halogens is 1. The Morgan fingerprint density at radius 1 is 1.55 bits per heavy atom. The summed E-state index contributed by atoms with van der Waals surface area (Å²) >= 11 is 0. The van der Waals surface area contributed by atoms with Crippen molar-refractivity contribution in [2.75, 3.05) is 13.1 Å². The van der Waals surface area contributed by atoms with E-state index in [1.807, 2.05) is 0 Å². The minimum atomic E-state index is -0.919. The number of nitrogens with zero attached hydrogens (tertiary/aromatic N) is 2. The van der Waals surface area contributed by atoms with Crippen LogP contribution in [0, 0.1) is 11.2 Å². The first-order chi connectivity index (χ1) is 9.50. The third-order valence-corrected chi connectivity index (χ3v) is 4.00. The summed E-state index contributed by atoms with van der Waals surface area (Å²) < 4.78 is 13.6. The summed E-state index contributed by atoms with van der Waals surface area (Å²) in [5.41, 5.74) is -0.977. The van der Waals surface area contributed by atoms with E-state index >= 15 is 0 Å². The van der Waals surface area contributed by atoms with Gasteiger partial charge in [-0.1, -0.05) is 6.92 Å². The second-order valence-electron chi connectivity index (χ2n) is 5.12. The number of carbonyl (C=O) groups excluding carboxylic acids is 1. The average Bonchev–Trinajstić information content (AvgIpc) is 2.47. The zero-order valence-electron chi connectivity index (χ0n) is 11.3. The molecule has 6 heteroatoms. The molecule has 2 heterocycles. The summed E-state index contributed by atoms with van der Waals surface area (Å²) in [7, 11) is 0. The van der Waals surface area contributed by atoms with Gasteiger partial charge in [-0.15, -0.1) is 0 Å². The van der Waals surface area contributed by atoms with Crippen molar-refractivity contribution in [3.8, 4) is 0 Å². The molecule has 1 aromatic heterocycles. The SMILES string of the molecule is CCC1(C(=O)O)CCCN(C(=O)c2ccncc2F)C1. The van der Waals surface area contributed by atoms with Crippen LogP contribution in [-0.4, -0.2) is 40.0 Å². The Kier molecular flexibility index (Phi) is 4.01. The molecule has 1 aliphatic rings. The average molecular weight is 280 g/mol. The van der Waals surface area contributed by atoms with Crippen LogP contribution in [0.15, 0.2) is 18.5 Å². The summed E-state index contributed by atoms with van der Waals surface area (Å²) in [6, 6.07) is 1.32. The largest absolute Gasteiger partial charge is 0.481 e. The molecule has 2 rings (SSSR count). The zero-order valence-corrected chi connectivity index (χ0v) is 11.3. The quantitative estimate of drug-likeness (QED) is 0.918. The van der Waals surface area contributed by atoms with E-state index < -0.39 is 23.1 Å². The molecule has 0 aromatic carbocycles. The molecule has 1 fully saturated rings. The van der Waals surface area contributed by atoms with Gasteiger partial charge in [0.15, 0.2) is 5.82 Å². The molecule has 1 atom stereocenters. The molecule has 1 aliphatic heterocycles. The summed E-state index contributed by atoms with van der Waals surface area (Å²) in [6.07, 6.45) is 3.94. The number of hydrogen-bond donors (Lipinski definition) is 1.